The molecule has 4 heteroatoms. The van der Waals surface area contributed by atoms with Gasteiger partial charge in [-0.05, 0) is 24.4 Å². The Bertz CT molecular complexity index is 703. The molecule has 3 nitrogen and oxygen atoms in total. The summed E-state index contributed by atoms with van der Waals surface area (Å²) in [6.07, 6.45) is 1.89. The maximum absolute atomic E-state index is 4.52. The molecule has 0 saturated carbocycles. The number of thiazole rings is 1. The van der Waals surface area contributed by atoms with Crippen LogP contribution in [0.5, 0.6) is 0 Å². The molecule has 0 aliphatic heterocycles. The van der Waals surface area contributed by atoms with Gasteiger partial charge in [-0.1, -0.05) is 12.1 Å². The fourth-order valence-corrected chi connectivity index (χ4v) is 2.69. The highest BCUT2D eigenvalue weighted by Crippen LogP contribution is 2.27. The lowest BCUT2D eigenvalue weighted by Crippen LogP contribution is -1.91. The van der Waals surface area contributed by atoms with Crippen LogP contribution in [-0.2, 0) is 0 Å². The normalized spacial score (nSPS) is 10.8. The molecular formula is C14H13N3S. The van der Waals surface area contributed by atoms with Crippen LogP contribution in [0.3, 0.4) is 0 Å². The van der Waals surface area contributed by atoms with E-state index in [2.05, 4.69) is 44.9 Å². The number of aromatic nitrogens is 2. The molecule has 0 atom stereocenters. The molecular weight excluding hydrogens is 242 g/mol. The van der Waals surface area contributed by atoms with Gasteiger partial charge in [-0.3, -0.25) is 0 Å². The van der Waals surface area contributed by atoms with Crippen molar-refractivity contribution in [3.05, 3.63) is 41.5 Å². The number of pyridine rings is 1. The van der Waals surface area contributed by atoms with Crippen molar-refractivity contribution in [1.29, 1.82) is 0 Å². The van der Waals surface area contributed by atoms with E-state index in [1.807, 2.05) is 20.2 Å². The Morgan fingerprint density at radius 2 is 2.06 bits per heavy atom. The molecule has 1 N–H and O–H groups in total. The Labute approximate surface area is 110 Å². The molecule has 0 aliphatic rings. The van der Waals surface area contributed by atoms with E-state index >= 15 is 0 Å². The Morgan fingerprint density at radius 1 is 1.17 bits per heavy atom. The van der Waals surface area contributed by atoms with Crippen molar-refractivity contribution >= 4 is 27.9 Å². The summed E-state index contributed by atoms with van der Waals surface area (Å²) in [4.78, 5) is 8.83. The predicted molar refractivity (Wildman–Crippen MR) is 77.1 cm³/mol. The average molecular weight is 255 g/mol. The third kappa shape index (κ3) is 1.95. The topological polar surface area (TPSA) is 37.8 Å². The molecule has 0 spiro atoms. The zero-order valence-electron chi connectivity index (χ0n) is 10.3. The zero-order valence-corrected chi connectivity index (χ0v) is 11.1. The first-order chi connectivity index (χ1) is 8.76. The number of anilines is 1. The molecule has 0 saturated heterocycles. The number of nitrogens with zero attached hydrogens (tertiary/aromatic N) is 2. The largest absolute Gasteiger partial charge is 0.373 e. The number of rotatable bonds is 2. The Balaban J connectivity index is 2.14. The molecule has 0 unspecified atom stereocenters. The Kier molecular flexibility index (Phi) is 2.72. The molecule has 0 radical (unpaired) electrons. The van der Waals surface area contributed by atoms with E-state index in [0.717, 1.165) is 27.5 Å². The van der Waals surface area contributed by atoms with E-state index in [4.69, 9.17) is 0 Å². The van der Waals surface area contributed by atoms with Crippen LogP contribution in [0.4, 0.5) is 5.82 Å². The van der Waals surface area contributed by atoms with Crippen LogP contribution in [0.2, 0.25) is 0 Å². The highest BCUT2D eigenvalue weighted by molar-refractivity contribution is 7.13. The van der Waals surface area contributed by atoms with Crippen molar-refractivity contribution in [2.45, 2.75) is 6.92 Å². The maximum atomic E-state index is 4.52. The third-order valence-corrected chi connectivity index (χ3v) is 3.85. The van der Waals surface area contributed by atoms with Gasteiger partial charge in [0.2, 0.25) is 0 Å². The molecule has 0 fully saturated rings. The van der Waals surface area contributed by atoms with Crippen molar-refractivity contribution in [3.63, 3.8) is 0 Å². The fourth-order valence-electron chi connectivity index (χ4n) is 1.90. The fraction of sp³-hybridized carbons (Fsp3) is 0.143. The van der Waals surface area contributed by atoms with Crippen LogP contribution >= 0.6 is 11.3 Å². The van der Waals surface area contributed by atoms with Gasteiger partial charge in [0.15, 0.2) is 0 Å². The van der Waals surface area contributed by atoms with Gasteiger partial charge in [-0.2, -0.15) is 0 Å². The van der Waals surface area contributed by atoms with Gasteiger partial charge in [-0.25, -0.2) is 9.97 Å². The van der Waals surface area contributed by atoms with Gasteiger partial charge in [-0.15, -0.1) is 11.3 Å². The molecule has 3 rings (SSSR count). The van der Waals surface area contributed by atoms with Gasteiger partial charge in [0.1, 0.15) is 10.8 Å². The number of benzene rings is 1. The van der Waals surface area contributed by atoms with E-state index in [1.165, 1.54) is 5.39 Å². The highest BCUT2D eigenvalue weighted by Gasteiger charge is 2.04. The second kappa shape index (κ2) is 4.38. The van der Waals surface area contributed by atoms with E-state index in [9.17, 15) is 0 Å². The Morgan fingerprint density at radius 3 is 2.78 bits per heavy atom. The summed E-state index contributed by atoms with van der Waals surface area (Å²) < 4.78 is 0. The lowest BCUT2D eigenvalue weighted by molar-refractivity contribution is 1.27. The van der Waals surface area contributed by atoms with Gasteiger partial charge in [0.05, 0.1) is 0 Å². The molecule has 0 bridgehead atoms. The summed E-state index contributed by atoms with van der Waals surface area (Å²) in [7, 11) is 1.88. The van der Waals surface area contributed by atoms with Gasteiger partial charge in [0, 0.05) is 35.3 Å². The van der Waals surface area contributed by atoms with Crippen LogP contribution in [0, 0.1) is 6.92 Å². The summed E-state index contributed by atoms with van der Waals surface area (Å²) in [5.41, 5.74) is 2.23. The quantitative estimate of drug-likeness (QED) is 0.758. The van der Waals surface area contributed by atoms with E-state index in [0.29, 0.717) is 0 Å². The minimum atomic E-state index is 0.884. The average Bonchev–Trinajstić information content (AvgIpc) is 2.84. The van der Waals surface area contributed by atoms with Crippen molar-refractivity contribution in [1.82, 2.24) is 9.97 Å². The first kappa shape index (κ1) is 11.2. The first-order valence-corrected chi connectivity index (χ1v) is 6.64. The SMILES string of the molecule is CNc1cc2cc(-c3nc(C)cs3)ccc2cn1. The predicted octanol–water partition coefficient (Wildman–Crippen LogP) is 3.71. The van der Waals surface area contributed by atoms with Gasteiger partial charge >= 0.3 is 0 Å². The molecule has 18 heavy (non-hydrogen) atoms. The molecule has 3 aromatic rings. The zero-order chi connectivity index (χ0) is 12.5. The second-order valence-corrected chi connectivity index (χ2v) is 5.03. The van der Waals surface area contributed by atoms with Crippen molar-refractivity contribution < 1.29 is 0 Å². The van der Waals surface area contributed by atoms with Crippen LogP contribution < -0.4 is 5.32 Å². The minimum Gasteiger partial charge on any atom is -0.373 e. The summed E-state index contributed by atoms with van der Waals surface area (Å²) in [5.74, 6) is 0.884. The van der Waals surface area contributed by atoms with Gasteiger partial charge in [0.25, 0.3) is 0 Å². The number of nitrogens with one attached hydrogen (secondary N) is 1. The summed E-state index contributed by atoms with van der Waals surface area (Å²) >= 11 is 1.68. The molecule has 1 aromatic carbocycles. The standard InChI is InChI=1S/C14H13N3S/c1-9-8-18-14(17-9)10-3-4-11-7-16-13(15-2)6-12(11)5-10/h3-8H,1-2H3,(H,15,16). The van der Waals surface area contributed by atoms with E-state index in [1.54, 1.807) is 11.3 Å². The molecule has 2 heterocycles. The molecule has 0 aliphatic carbocycles. The smallest absolute Gasteiger partial charge is 0.126 e. The minimum absolute atomic E-state index is 0.884. The van der Waals surface area contributed by atoms with Crippen molar-refractivity contribution in [3.8, 4) is 10.6 Å². The van der Waals surface area contributed by atoms with Crippen molar-refractivity contribution in [2.75, 3.05) is 12.4 Å². The summed E-state index contributed by atoms with van der Waals surface area (Å²) in [6.45, 7) is 2.02. The number of fused-ring (bicyclic) bond motifs is 1. The van der Waals surface area contributed by atoms with Crippen molar-refractivity contribution in [2.24, 2.45) is 0 Å². The van der Waals surface area contributed by atoms with Crippen LogP contribution in [0.25, 0.3) is 21.3 Å². The molecule has 90 valence electrons. The number of hydrogen-bond acceptors (Lipinski definition) is 4. The highest BCUT2D eigenvalue weighted by atomic mass is 32.1. The lowest BCUT2D eigenvalue weighted by atomic mass is 10.1. The number of aryl methyl sites for hydroxylation is 1. The monoisotopic (exact) mass is 255 g/mol. The molecule has 2 aromatic heterocycles. The first-order valence-electron chi connectivity index (χ1n) is 5.76. The Hall–Kier alpha value is -1.94. The summed E-state index contributed by atoms with van der Waals surface area (Å²) in [6, 6.07) is 8.41. The lowest BCUT2D eigenvalue weighted by Gasteiger charge is -2.03. The van der Waals surface area contributed by atoms with Gasteiger partial charge < -0.3 is 5.32 Å². The second-order valence-electron chi connectivity index (χ2n) is 4.18. The maximum Gasteiger partial charge on any atom is 0.126 e. The van der Waals surface area contributed by atoms with Crippen LogP contribution in [-0.4, -0.2) is 17.0 Å². The third-order valence-electron chi connectivity index (χ3n) is 2.84. The molecule has 0 amide bonds. The van der Waals surface area contributed by atoms with E-state index in [-0.39, 0.29) is 0 Å². The summed E-state index contributed by atoms with van der Waals surface area (Å²) in [5, 5.41) is 8.52. The van der Waals surface area contributed by atoms with Crippen LogP contribution in [0.15, 0.2) is 35.8 Å². The van der Waals surface area contributed by atoms with Crippen LogP contribution in [0.1, 0.15) is 5.69 Å². The van der Waals surface area contributed by atoms with E-state index < -0.39 is 0 Å². The number of hydrogen-bond donors (Lipinski definition) is 1.